The molecule has 0 radical (unpaired) electrons. The van der Waals surface area contributed by atoms with Crippen molar-refractivity contribution in [1.29, 1.82) is 0 Å². The molecular weight excluding hydrogens is 481 g/mol. The predicted octanol–water partition coefficient (Wildman–Crippen LogP) is 3.88. The highest BCUT2D eigenvalue weighted by atomic mass is 127. The number of hydrogen-bond acceptors (Lipinski definition) is 4. The summed E-state index contributed by atoms with van der Waals surface area (Å²) >= 11 is 7.79. The summed E-state index contributed by atoms with van der Waals surface area (Å²) in [5.41, 5.74) is 2.51. The van der Waals surface area contributed by atoms with Crippen LogP contribution in [0.4, 0.5) is 5.13 Å². The molecule has 2 N–H and O–H groups in total. The third-order valence-corrected chi connectivity index (χ3v) is 5.76. The Balaban J connectivity index is 0.00000243. The van der Waals surface area contributed by atoms with Gasteiger partial charge in [-0.2, -0.15) is 0 Å². The average Bonchev–Trinajstić information content (AvgIpc) is 3.24. The molecule has 26 heavy (non-hydrogen) atoms. The van der Waals surface area contributed by atoms with Crippen molar-refractivity contribution in [1.82, 2.24) is 15.6 Å². The molecule has 2 aromatic rings. The number of benzene rings is 1. The minimum Gasteiger partial charge on any atom is -0.356 e. The molecule has 0 aliphatic heterocycles. The van der Waals surface area contributed by atoms with Crippen molar-refractivity contribution in [3.8, 4) is 0 Å². The number of halogens is 2. The van der Waals surface area contributed by atoms with Crippen LogP contribution < -0.4 is 15.5 Å². The van der Waals surface area contributed by atoms with Crippen LogP contribution in [-0.2, 0) is 12.0 Å². The molecule has 1 saturated carbocycles. The summed E-state index contributed by atoms with van der Waals surface area (Å²) < 4.78 is 0. The van der Waals surface area contributed by atoms with Crippen molar-refractivity contribution < 1.29 is 0 Å². The second-order valence-corrected chi connectivity index (χ2v) is 7.86. The molecule has 0 bridgehead atoms. The lowest BCUT2D eigenvalue weighted by Gasteiger charge is -2.19. The monoisotopic (exact) mass is 505 g/mol. The zero-order valence-electron chi connectivity index (χ0n) is 15.3. The second-order valence-electron chi connectivity index (χ2n) is 6.59. The smallest absolute Gasteiger partial charge is 0.191 e. The molecule has 0 spiro atoms. The number of aliphatic imine (C=N–C) groups is 1. The van der Waals surface area contributed by atoms with Gasteiger partial charge in [-0.3, -0.25) is 4.99 Å². The number of aromatic nitrogens is 1. The maximum atomic E-state index is 6.14. The first-order valence-electron chi connectivity index (χ1n) is 8.35. The average molecular weight is 506 g/mol. The van der Waals surface area contributed by atoms with Gasteiger partial charge in [-0.05, 0) is 30.5 Å². The van der Waals surface area contributed by atoms with Gasteiger partial charge in [-0.1, -0.05) is 23.7 Å². The first kappa shape index (κ1) is 21.2. The quantitative estimate of drug-likeness (QED) is 0.355. The van der Waals surface area contributed by atoms with Gasteiger partial charge < -0.3 is 15.5 Å². The maximum absolute atomic E-state index is 6.14. The van der Waals surface area contributed by atoms with E-state index in [9.17, 15) is 0 Å². The van der Waals surface area contributed by atoms with Gasteiger partial charge in [0, 0.05) is 43.5 Å². The Hall–Kier alpha value is -1.06. The number of rotatable bonds is 6. The van der Waals surface area contributed by atoms with E-state index in [4.69, 9.17) is 11.6 Å². The van der Waals surface area contributed by atoms with E-state index >= 15 is 0 Å². The minimum atomic E-state index is 0. The van der Waals surface area contributed by atoms with Crippen LogP contribution >= 0.6 is 46.9 Å². The van der Waals surface area contributed by atoms with Crippen LogP contribution in [0.15, 0.2) is 34.6 Å². The molecule has 0 unspecified atom stereocenters. The molecule has 0 atom stereocenters. The Kier molecular flexibility index (Phi) is 7.54. The van der Waals surface area contributed by atoms with Crippen molar-refractivity contribution in [2.45, 2.75) is 24.8 Å². The lowest BCUT2D eigenvalue weighted by Crippen LogP contribution is -2.41. The van der Waals surface area contributed by atoms with E-state index in [1.807, 2.05) is 31.1 Å². The molecule has 3 rings (SSSR count). The molecule has 0 amide bonds. The fourth-order valence-corrected chi connectivity index (χ4v) is 3.72. The summed E-state index contributed by atoms with van der Waals surface area (Å²) in [6, 6.07) is 8.18. The van der Waals surface area contributed by atoms with Crippen molar-refractivity contribution in [3.05, 3.63) is 45.9 Å². The summed E-state index contributed by atoms with van der Waals surface area (Å²) in [4.78, 5) is 10.9. The van der Waals surface area contributed by atoms with Gasteiger partial charge in [-0.25, -0.2) is 4.98 Å². The number of hydrogen-bond donors (Lipinski definition) is 2. The molecule has 5 nitrogen and oxygen atoms in total. The van der Waals surface area contributed by atoms with Crippen molar-refractivity contribution in [2.24, 2.45) is 4.99 Å². The normalized spacial score (nSPS) is 15.2. The molecule has 1 aliphatic carbocycles. The number of anilines is 1. The van der Waals surface area contributed by atoms with E-state index in [-0.39, 0.29) is 29.4 Å². The van der Waals surface area contributed by atoms with E-state index in [0.29, 0.717) is 6.54 Å². The Labute approximate surface area is 181 Å². The Morgan fingerprint density at radius 1 is 1.35 bits per heavy atom. The largest absolute Gasteiger partial charge is 0.356 e. The highest BCUT2D eigenvalue weighted by Gasteiger charge is 2.44. The van der Waals surface area contributed by atoms with E-state index in [0.717, 1.165) is 28.4 Å². The molecule has 1 fully saturated rings. The van der Waals surface area contributed by atoms with Crippen LogP contribution in [0.3, 0.4) is 0 Å². The van der Waals surface area contributed by atoms with Gasteiger partial charge in [0.05, 0.1) is 12.2 Å². The van der Waals surface area contributed by atoms with Crippen LogP contribution in [-0.4, -0.2) is 38.6 Å². The van der Waals surface area contributed by atoms with Gasteiger partial charge in [0.1, 0.15) is 0 Å². The zero-order chi connectivity index (χ0) is 17.9. The predicted molar refractivity (Wildman–Crippen MR) is 122 cm³/mol. The molecule has 0 saturated heterocycles. The van der Waals surface area contributed by atoms with E-state index in [1.165, 1.54) is 18.4 Å². The van der Waals surface area contributed by atoms with Crippen LogP contribution in [0.1, 0.15) is 24.1 Å². The molecule has 1 heterocycles. The second kappa shape index (κ2) is 9.23. The summed E-state index contributed by atoms with van der Waals surface area (Å²) in [5.74, 6) is 0.799. The summed E-state index contributed by atoms with van der Waals surface area (Å²) in [5, 5.41) is 10.7. The highest BCUT2D eigenvalue weighted by Crippen LogP contribution is 2.48. The van der Waals surface area contributed by atoms with Gasteiger partial charge in [0.15, 0.2) is 11.1 Å². The van der Waals surface area contributed by atoms with Crippen molar-refractivity contribution in [3.63, 3.8) is 0 Å². The maximum Gasteiger partial charge on any atom is 0.191 e. The number of guanidine groups is 1. The summed E-state index contributed by atoms with van der Waals surface area (Å²) in [6.45, 7) is 1.52. The fraction of sp³-hybridized carbons (Fsp3) is 0.444. The van der Waals surface area contributed by atoms with Gasteiger partial charge in [0.2, 0.25) is 0 Å². The van der Waals surface area contributed by atoms with Crippen LogP contribution in [0.2, 0.25) is 5.02 Å². The summed E-state index contributed by atoms with van der Waals surface area (Å²) in [6.07, 6.45) is 2.35. The highest BCUT2D eigenvalue weighted by molar-refractivity contribution is 14.0. The SMILES string of the molecule is CN=C(NCc1csc(N(C)C)n1)NCC1(c2cccc(Cl)c2)CC1.I. The van der Waals surface area contributed by atoms with E-state index < -0.39 is 0 Å². The molecule has 1 aromatic carbocycles. The van der Waals surface area contributed by atoms with Gasteiger partial charge in [-0.15, -0.1) is 35.3 Å². The Morgan fingerprint density at radius 2 is 2.12 bits per heavy atom. The zero-order valence-corrected chi connectivity index (χ0v) is 19.2. The topological polar surface area (TPSA) is 52.6 Å². The lowest BCUT2D eigenvalue weighted by molar-refractivity contribution is 0.645. The van der Waals surface area contributed by atoms with E-state index in [1.54, 1.807) is 18.4 Å². The molecular formula is C18H25ClIN5S. The lowest BCUT2D eigenvalue weighted by atomic mass is 9.96. The van der Waals surface area contributed by atoms with Crippen LogP contribution in [0.5, 0.6) is 0 Å². The number of nitrogens with zero attached hydrogens (tertiary/aromatic N) is 3. The van der Waals surface area contributed by atoms with Gasteiger partial charge >= 0.3 is 0 Å². The third-order valence-electron chi connectivity index (χ3n) is 4.47. The Morgan fingerprint density at radius 3 is 2.69 bits per heavy atom. The Bertz CT molecular complexity index is 758. The number of thiazole rings is 1. The summed E-state index contributed by atoms with van der Waals surface area (Å²) in [7, 11) is 5.80. The molecule has 142 valence electrons. The van der Waals surface area contributed by atoms with Gasteiger partial charge in [0.25, 0.3) is 0 Å². The van der Waals surface area contributed by atoms with E-state index in [2.05, 4.69) is 38.1 Å². The molecule has 1 aliphatic rings. The minimum absolute atomic E-state index is 0. The van der Waals surface area contributed by atoms with Crippen LogP contribution in [0.25, 0.3) is 0 Å². The fourth-order valence-electron chi connectivity index (χ4n) is 2.77. The first-order valence-corrected chi connectivity index (χ1v) is 9.60. The van der Waals surface area contributed by atoms with Crippen molar-refractivity contribution >= 4 is 58.0 Å². The molecule has 8 heteroatoms. The van der Waals surface area contributed by atoms with Crippen molar-refractivity contribution in [2.75, 3.05) is 32.6 Å². The number of nitrogens with one attached hydrogen (secondary N) is 2. The first-order chi connectivity index (χ1) is 12.0. The molecule has 1 aromatic heterocycles. The van der Waals surface area contributed by atoms with Crippen LogP contribution in [0, 0.1) is 0 Å². The standard InChI is InChI=1S/C18H24ClN5S.HI/c1-20-16(21-10-15-11-25-17(23-15)24(2)3)22-12-18(7-8-18)13-5-4-6-14(19)9-13;/h4-6,9,11H,7-8,10,12H2,1-3H3,(H2,20,21,22);1H. The third kappa shape index (κ3) is 5.23.